The molecule has 0 fully saturated rings. The highest BCUT2D eigenvalue weighted by Crippen LogP contribution is 2.28. The van der Waals surface area contributed by atoms with E-state index in [4.69, 9.17) is 11.6 Å². The smallest absolute Gasteiger partial charge is 0.254 e. The van der Waals surface area contributed by atoms with E-state index >= 15 is 0 Å². The van der Waals surface area contributed by atoms with Crippen molar-refractivity contribution >= 4 is 11.6 Å². The zero-order valence-electron chi connectivity index (χ0n) is 9.13. The molecule has 17 heavy (non-hydrogen) atoms. The number of hydrogen-bond donors (Lipinski definition) is 1. The number of benzene rings is 1. The van der Waals surface area contributed by atoms with Crippen molar-refractivity contribution in [2.24, 2.45) is 0 Å². The molecule has 5 heteroatoms. The Morgan fingerprint density at radius 2 is 2.24 bits per heavy atom. The molecule has 2 rings (SSSR count). The molecule has 0 spiro atoms. The van der Waals surface area contributed by atoms with Gasteiger partial charge in [0, 0.05) is 11.1 Å². The van der Waals surface area contributed by atoms with Crippen molar-refractivity contribution in [1.82, 2.24) is 9.97 Å². The second-order valence-corrected chi connectivity index (χ2v) is 3.94. The highest BCUT2D eigenvalue weighted by atomic mass is 35.5. The molecule has 3 nitrogen and oxygen atoms in total. The summed E-state index contributed by atoms with van der Waals surface area (Å²) in [6, 6.07) is 4.00. The van der Waals surface area contributed by atoms with Crippen LogP contribution in [0.2, 0.25) is 5.02 Å². The van der Waals surface area contributed by atoms with Crippen LogP contribution in [0.5, 0.6) is 0 Å². The van der Waals surface area contributed by atoms with Crippen molar-refractivity contribution in [3.8, 4) is 11.3 Å². The molecule has 1 N–H and O–H groups in total. The molecule has 0 aliphatic heterocycles. The number of hydrogen-bond acceptors (Lipinski definition) is 2. The van der Waals surface area contributed by atoms with Crippen LogP contribution in [0.25, 0.3) is 11.3 Å². The quantitative estimate of drug-likeness (QED) is 0.893. The second-order valence-electron chi connectivity index (χ2n) is 3.54. The van der Waals surface area contributed by atoms with Crippen molar-refractivity contribution in [3.63, 3.8) is 0 Å². The molecular weight excluding hydrogens is 243 g/mol. The number of aromatic amines is 1. The van der Waals surface area contributed by atoms with E-state index in [1.54, 1.807) is 0 Å². The van der Waals surface area contributed by atoms with Crippen LogP contribution in [-0.4, -0.2) is 9.97 Å². The lowest BCUT2D eigenvalue weighted by Crippen LogP contribution is -2.14. The molecule has 0 atom stereocenters. The highest BCUT2D eigenvalue weighted by molar-refractivity contribution is 6.33. The van der Waals surface area contributed by atoms with Gasteiger partial charge >= 0.3 is 0 Å². The molecule has 0 radical (unpaired) electrons. The van der Waals surface area contributed by atoms with Gasteiger partial charge in [0.1, 0.15) is 5.82 Å². The second kappa shape index (κ2) is 4.67. The van der Waals surface area contributed by atoms with Gasteiger partial charge in [-0.3, -0.25) is 4.79 Å². The van der Waals surface area contributed by atoms with Crippen LogP contribution in [-0.2, 0) is 6.42 Å². The standard InChI is InChI=1S/C12H10ClFN2O/c1-2-8-11(15-6-16-12(8)17)9-5-7(14)3-4-10(9)13/h3-6H,2H2,1H3,(H,15,16,17). The van der Waals surface area contributed by atoms with Gasteiger partial charge in [-0.2, -0.15) is 0 Å². The minimum absolute atomic E-state index is 0.224. The van der Waals surface area contributed by atoms with Crippen LogP contribution >= 0.6 is 11.6 Å². The summed E-state index contributed by atoms with van der Waals surface area (Å²) in [7, 11) is 0. The zero-order valence-corrected chi connectivity index (χ0v) is 9.88. The molecule has 0 saturated carbocycles. The normalized spacial score (nSPS) is 10.5. The average Bonchev–Trinajstić information content (AvgIpc) is 2.32. The highest BCUT2D eigenvalue weighted by Gasteiger charge is 2.12. The lowest BCUT2D eigenvalue weighted by molar-refractivity contribution is 0.628. The number of aromatic nitrogens is 2. The van der Waals surface area contributed by atoms with Crippen LogP contribution in [0.1, 0.15) is 12.5 Å². The first kappa shape index (κ1) is 11.8. The Bertz CT molecular complexity index is 610. The lowest BCUT2D eigenvalue weighted by Gasteiger charge is -2.07. The number of nitrogens with one attached hydrogen (secondary N) is 1. The molecule has 1 aromatic heterocycles. The van der Waals surface area contributed by atoms with Crippen molar-refractivity contribution in [2.75, 3.05) is 0 Å². The molecule has 0 aliphatic carbocycles. The van der Waals surface area contributed by atoms with E-state index in [9.17, 15) is 9.18 Å². The maximum absolute atomic E-state index is 13.2. The van der Waals surface area contributed by atoms with E-state index in [0.717, 1.165) is 0 Å². The molecule has 1 aromatic carbocycles. The summed E-state index contributed by atoms with van der Waals surface area (Å²) >= 11 is 5.99. The fraction of sp³-hybridized carbons (Fsp3) is 0.167. The van der Waals surface area contributed by atoms with Gasteiger partial charge in [0.05, 0.1) is 17.0 Å². The van der Waals surface area contributed by atoms with Crippen molar-refractivity contribution in [2.45, 2.75) is 13.3 Å². The van der Waals surface area contributed by atoms with E-state index < -0.39 is 5.82 Å². The van der Waals surface area contributed by atoms with Crippen LogP contribution in [0.4, 0.5) is 4.39 Å². The molecule has 0 aliphatic rings. The third-order valence-electron chi connectivity index (χ3n) is 2.49. The lowest BCUT2D eigenvalue weighted by atomic mass is 10.1. The molecule has 2 aromatic rings. The number of H-pyrrole nitrogens is 1. The fourth-order valence-electron chi connectivity index (χ4n) is 1.67. The molecule has 0 saturated heterocycles. The zero-order chi connectivity index (χ0) is 12.4. The summed E-state index contributed by atoms with van der Waals surface area (Å²) in [5, 5.41) is 0.374. The first-order valence-corrected chi connectivity index (χ1v) is 5.53. The molecule has 0 amide bonds. The third-order valence-corrected chi connectivity index (χ3v) is 2.82. The monoisotopic (exact) mass is 252 g/mol. The van der Waals surface area contributed by atoms with Crippen LogP contribution in [0, 0.1) is 5.82 Å². The Morgan fingerprint density at radius 1 is 1.47 bits per heavy atom. The van der Waals surface area contributed by atoms with E-state index in [1.165, 1.54) is 24.5 Å². The first-order valence-electron chi connectivity index (χ1n) is 5.15. The molecule has 88 valence electrons. The summed E-state index contributed by atoms with van der Waals surface area (Å²) in [6.07, 6.45) is 1.80. The Kier molecular flexibility index (Phi) is 3.24. The Labute approximate surface area is 102 Å². The summed E-state index contributed by atoms with van der Waals surface area (Å²) in [5.74, 6) is -0.409. The van der Waals surface area contributed by atoms with Crippen molar-refractivity contribution in [1.29, 1.82) is 0 Å². The topological polar surface area (TPSA) is 45.8 Å². The third kappa shape index (κ3) is 2.22. The van der Waals surface area contributed by atoms with E-state index in [1.807, 2.05) is 6.92 Å². The Hall–Kier alpha value is -1.68. The van der Waals surface area contributed by atoms with E-state index in [0.29, 0.717) is 28.3 Å². The summed E-state index contributed by atoms with van der Waals surface area (Å²) in [6.45, 7) is 1.84. The van der Waals surface area contributed by atoms with Gasteiger partial charge < -0.3 is 4.98 Å². The van der Waals surface area contributed by atoms with Crippen LogP contribution < -0.4 is 5.56 Å². The van der Waals surface area contributed by atoms with E-state index in [2.05, 4.69) is 9.97 Å². The SMILES string of the molecule is CCc1c(-c2cc(F)ccc2Cl)nc[nH]c1=O. The fourth-order valence-corrected chi connectivity index (χ4v) is 1.87. The van der Waals surface area contributed by atoms with Gasteiger partial charge in [-0.05, 0) is 24.6 Å². The maximum atomic E-state index is 13.2. The summed E-state index contributed by atoms with van der Waals surface area (Å²) in [5.41, 5.74) is 1.15. The number of rotatable bonds is 2. The first-order chi connectivity index (χ1) is 8.13. The Balaban J connectivity index is 2.72. The number of halogens is 2. The maximum Gasteiger partial charge on any atom is 0.254 e. The van der Waals surface area contributed by atoms with Gasteiger partial charge in [-0.1, -0.05) is 18.5 Å². The van der Waals surface area contributed by atoms with Crippen molar-refractivity contribution < 1.29 is 4.39 Å². The minimum atomic E-state index is -0.409. The van der Waals surface area contributed by atoms with Crippen molar-refractivity contribution in [3.05, 3.63) is 51.3 Å². The van der Waals surface area contributed by atoms with Gasteiger partial charge in [-0.15, -0.1) is 0 Å². The molecular formula is C12H10ClFN2O. The summed E-state index contributed by atoms with van der Waals surface area (Å²) in [4.78, 5) is 18.2. The van der Waals surface area contributed by atoms with Crippen LogP contribution in [0.3, 0.4) is 0 Å². The Morgan fingerprint density at radius 3 is 2.94 bits per heavy atom. The van der Waals surface area contributed by atoms with Gasteiger partial charge in [-0.25, -0.2) is 9.37 Å². The molecule has 0 unspecified atom stereocenters. The largest absolute Gasteiger partial charge is 0.313 e. The number of nitrogens with zero attached hydrogens (tertiary/aromatic N) is 1. The average molecular weight is 253 g/mol. The molecule has 1 heterocycles. The molecule has 0 bridgehead atoms. The predicted octanol–water partition coefficient (Wildman–Crippen LogP) is 2.79. The van der Waals surface area contributed by atoms with Gasteiger partial charge in [0.2, 0.25) is 0 Å². The van der Waals surface area contributed by atoms with Gasteiger partial charge in [0.15, 0.2) is 0 Å². The minimum Gasteiger partial charge on any atom is -0.313 e. The van der Waals surface area contributed by atoms with Gasteiger partial charge in [0.25, 0.3) is 5.56 Å². The predicted molar refractivity (Wildman–Crippen MR) is 64.6 cm³/mol. The van der Waals surface area contributed by atoms with Crippen LogP contribution in [0.15, 0.2) is 29.3 Å². The van der Waals surface area contributed by atoms with E-state index in [-0.39, 0.29) is 5.56 Å². The summed E-state index contributed by atoms with van der Waals surface area (Å²) < 4.78 is 13.2.